The van der Waals surface area contributed by atoms with Gasteiger partial charge in [-0.15, -0.1) is 0 Å². The van der Waals surface area contributed by atoms with E-state index in [4.69, 9.17) is 0 Å². The lowest BCUT2D eigenvalue weighted by atomic mass is 9.93. The molecule has 72 valence electrons. The van der Waals surface area contributed by atoms with Crippen LogP contribution < -0.4 is 0 Å². The highest BCUT2D eigenvalue weighted by Crippen LogP contribution is 2.23. The Labute approximate surface area is 75.9 Å². The fraction of sp³-hybridized carbons (Fsp3) is 0.818. The minimum atomic E-state index is -1.14. The van der Waals surface area contributed by atoms with E-state index < -0.39 is 5.67 Å². The Kier molecular flexibility index (Phi) is 4.51. The second-order valence-corrected chi connectivity index (χ2v) is 4.34. The SMILES string of the molecule is CC(C)C/C=C/C(C)(F)C(C)C. The number of alkyl halides is 1. The van der Waals surface area contributed by atoms with Crippen molar-refractivity contribution in [1.82, 2.24) is 0 Å². The van der Waals surface area contributed by atoms with Crippen molar-refractivity contribution in [1.29, 1.82) is 0 Å². The molecular formula is C11H21F. The standard InChI is InChI=1S/C11H21F/c1-9(2)7-6-8-11(5,12)10(3)4/h6,8-10H,7H2,1-5H3/b8-6+. The van der Waals surface area contributed by atoms with Crippen LogP contribution in [0.25, 0.3) is 0 Å². The van der Waals surface area contributed by atoms with Crippen molar-refractivity contribution in [3.05, 3.63) is 12.2 Å². The first kappa shape index (κ1) is 11.7. The van der Waals surface area contributed by atoms with Crippen LogP contribution in [0.3, 0.4) is 0 Å². The van der Waals surface area contributed by atoms with E-state index in [-0.39, 0.29) is 5.92 Å². The molecule has 0 aromatic carbocycles. The van der Waals surface area contributed by atoms with Gasteiger partial charge >= 0.3 is 0 Å². The molecule has 0 amide bonds. The number of halogens is 1. The van der Waals surface area contributed by atoms with E-state index in [2.05, 4.69) is 13.8 Å². The molecule has 0 aromatic rings. The molecular weight excluding hydrogens is 151 g/mol. The zero-order chi connectivity index (χ0) is 9.78. The average molecular weight is 172 g/mol. The van der Waals surface area contributed by atoms with Gasteiger partial charge in [-0.3, -0.25) is 0 Å². The van der Waals surface area contributed by atoms with Gasteiger partial charge in [-0.05, 0) is 25.2 Å². The Morgan fingerprint density at radius 3 is 2.08 bits per heavy atom. The lowest BCUT2D eigenvalue weighted by Gasteiger charge is -2.20. The summed E-state index contributed by atoms with van der Waals surface area (Å²) in [6.07, 6.45) is 4.61. The largest absolute Gasteiger partial charge is 0.239 e. The molecule has 0 heterocycles. The van der Waals surface area contributed by atoms with Gasteiger partial charge in [0.2, 0.25) is 0 Å². The predicted octanol–water partition coefficient (Wildman–Crippen LogP) is 3.97. The summed E-state index contributed by atoms with van der Waals surface area (Å²) < 4.78 is 13.6. The van der Waals surface area contributed by atoms with Crippen LogP contribution in [0.15, 0.2) is 12.2 Å². The zero-order valence-corrected chi connectivity index (χ0v) is 8.89. The van der Waals surface area contributed by atoms with E-state index in [0.29, 0.717) is 5.92 Å². The molecule has 0 aliphatic carbocycles. The topological polar surface area (TPSA) is 0 Å². The molecule has 0 spiro atoms. The van der Waals surface area contributed by atoms with Crippen molar-refractivity contribution in [2.45, 2.75) is 46.7 Å². The third-order valence-electron chi connectivity index (χ3n) is 2.18. The van der Waals surface area contributed by atoms with Crippen LogP contribution in [-0.2, 0) is 0 Å². The van der Waals surface area contributed by atoms with Crippen LogP contribution in [0.2, 0.25) is 0 Å². The van der Waals surface area contributed by atoms with Gasteiger partial charge in [-0.1, -0.05) is 39.8 Å². The van der Waals surface area contributed by atoms with Crippen molar-refractivity contribution >= 4 is 0 Å². The second kappa shape index (κ2) is 4.64. The molecule has 0 aromatic heterocycles. The maximum absolute atomic E-state index is 13.6. The van der Waals surface area contributed by atoms with Gasteiger partial charge in [0.25, 0.3) is 0 Å². The maximum atomic E-state index is 13.6. The summed E-state index contributed by atoms with van der Waals surface area (Å²) in [6.45, 7) is 9.71. The summed E-state index contributed by atoms with van der Waals surface area (Å²) in [6, 6.07) is 0. The van der Waals surface area contributed by atoms with Crippen molar-refractivity contribution in [3.8, 4) is 0 Å². The van der Waals surface area contributed by atoms with Gasteiger partial charge in [-0.25, -0.2) is 4.39 Å². The van der Waals surface area contributed by atoms with Crippen molar-refractivity contribution < 1.29 is 4.39 Å². The van der Waals surface area contributed by atoms with Crippen molar-refractivity contribution in [2.24, 2.45) is 11.8 Å². The highest BCUT2D eigenvalue weighted by Gasteiger charge is 2.23. The Bertz CT molecular complexity index is 143. The highest BCUT2D eigenvalue weighted by molar-refractivity contribution is 5.00. The summed E-state index contributed by atoms with van der Waals surface area (Å²) in [4.78, 5) is 0. The molecule has 0 aliphatic heterocycles. The van der Waals surface area contributed by atoms with E-state index in [1.54, 1.807) is 13.0 Å². The molecule has 1 atom stereocenters. The van der Waals surface area contributed by atoms with Crippen LogP contribution in [0, 0.1) is 11.8 Å². The average Bonchev–Trinajstić information content (AvgIpc) is 1.85. The highest BCUT2D eigenvalue weighted by atomic mass is 19.1. The third kappa shape index (κ3) is 4.53. The minimum absolute atomic E-state index is 0.0564. The molecule has 0 rings (SSSR count). The van der Waals surface area contributed by atoms with Gasteiger partial charge in [0, 0.05) is 0 Å². The van der Waals surface area contributed by atoms with Crippen LogP contribution in [0.1, 0.15) is 41.0 Å². The number of hydrogen-bond acceptors (Lipinski definition) is 0. The van der Waals surface area contributed by atoms with E-state index >= 15 is 0 Å². The molecule has 0 bridgehead atoms. The Balaban J connectivity index is 3.96. The van der Waals surface area contributed by atoms with Gasteiger partial charge in [-0.2, -0.15) is 0 Å². The van der Waals surface area contributed by atoms with Gasteiger partial charge in [0.1, 0.15) is 5.67 Å². The molecule has 12 heavy (non-hydrogen) atoms. The monoisotopic (exact) mass is 172 g/mol. The number of rotatable bonds is 4. The first-order valence-electron chi connectivity index (χ1n) is 4.73. The van der Waals surface area contributed by atoms with Gasteiger partial charge in [0.05, 0.1) is 0 Å². The van der Waals surface area contributed by atoms with E-state index in [1.807, 2.05) is 19.9 Å². The molecule has 0 fully saturated rings. The molecule has 0 radical (unpaired) electrons. The Morgan fingerprint density at radius 1 is 1.25 bits per heavy atom. The minimum Gasteiger partial charge on any atom is -0.239 e. The van der Waals surface area contributed by atoms with Crippen LogP contribution in [0.4, 0.5) is 4.39 Å². The summed E-state index contributed by atoms with van der Waals surface area (Å²) in [5, 5.41) is 0. The number of allylic oxidation sites excluding steroid dienone is 2. The summed E-state index contributed by atoms with van der Waals surface area (Å²) in [5.74, 6) is 0.671. The van der Waals surface area contributed by atoms with Gasteiger partial charge in [0.15, 0.2) is 0 Å². The first-order valence-corrected chi connectivity index (χ1v) is 4.73. The van der Waals surface area contributed by atoms with Gasteiger partial charge < -0.3 is 0 Å². The molecule has 0 saturated carbocycles. The summed E-state index contributed by atoms with van der Waals surface area (Å²) >= 11 is 0. The second-order valence-electron chi connectivity index (χ2n) is 4.34. The lowest BCUT2D eigenvalue weighted by Crippen LogP contribution is -2.22. The van der Waals surface area contributed by atoms with E-state index in [1.165, 1.54) is 0 Å². The molecule has 0 nitrogen and oxygen atoms in total. The summed E-state index contributed by atoms with van der Waals surface area (Å²) in [7, 11) is 0. The normalized spacial score (nSPS) is 17.7. The first-order chi connectivity index (χ1) is 5.36. The fourth-order valence-corrected chi connectivity index (χ4v) is 0.763. The van der Waals surface area contributed by atoms with E-state index in [9.17, 15) is 4.39 Å². The van der Waals surface area contributed by atoms with Crippen LogP contribution >= 0.6 is 0 Å². The molecule has 0 aliphatic rings. The predicted molar refractivity (Wildman–Crippen MR) is 52.9 cm³/mol. The third-order valence-corrected chi connectivity index (χ3v) is 2.18. The molecule has 1 unspecified atom stereocenters. The molecule has 0 saturated heterocycles. The van der Waals surface area contributed by atoms with Crippen molar-refractivity contribution in [2.75, 3.05) is 0 Å². The van der Waals surface area contributed by atoms with E-state index in [0.717, 1.165) is 6.42 Å². The maximum Gasteiger partial charge on any atom is 0.128 e. The smallest absolute Gasteiger partial charge is 0.128 e. The van der Waals surface area contributed by atoms with Crippen molar-refractivity contribution in [3.63, 3.8) is 0 Å². The summed E-state index contributed by atoms with van der Waals surface area (Å²) in [5.41, 5.74) is -1.14. The Hall–Kier alpha value is -0.330. The zero-order valence-electron chi connectivity index (χ0n) is 8.89. The fourth-order valence-electron chi connectivity index (χ4n) is 0.763. The Morgan fingerprint density at radius 2 is 1.75 bits per heavy atom. The molecule has 1 heteroatoms. The number of hydrogen-bond donors (Lipinski definition) is 0. The lowest BCUT2D eigenvalue weighted by molar-refractivity contribution is 0.183. The molecule has 0 N–H and O–H groups in total. The van der Waals surface area contributed by atoms with Crippen LogP contribution in [-0.4, -0.2) is 5.67 Å². The van der Waals surface area contributed by atoms with Crippen LogP contribution in [0.5, 0.6) is 0 Å². The quantitative estimate of drug-likeness (QED) is 0.563.